The Hall–Kier alpha value is -1.06. The molecular formula is C20H28ClNO2. The standard InChI is InChI=1S/C20H28ClNO2/c1-2-24-19(23)13-16-5-3-12-22(14-16)15-20(10-4-11-20)17-6-8-18(21)9-7-17/h6-9,16H,2-5,10-15H2,1H3/t16-/m0/s1. The zero-order valence-electron chi connectivity index (χ0n) is 14.6. The van der Waals surface area contributed by atoms with Gasteiger partial charge in [0.1, 0.15) is 0 Å². The Morgan fingerprint density at radius 2 is 2.04 bits per heavy atom. The van der Waals surface area contributed by atoms with E-state index in [0.29, 0.717) is 18.9 Å². The lowest BCUT2D eigenvalue weighted by Gasteiger charge is -2.47. The molecule has 0 spiro atoms. The molecule has 1 saturated carbocycles. The molecule has 4 heteroatoms. The maximum Gasteiger partial charge on any atom is 0.306 e. The van der Waals surface area contributed by atoms with E-state index in [2.05, 4.69) is 17.0 Å². The van der Waals surface area contributed by atoms with Crippen LogP contribution in [-0.4, -0.2) is 37.1 Å². The molecule has 3 rings (SSSR count). The number of hydrogen-bond acceptors (Lipinski definition) is 3. The Balaban J connectivity index is 1.61. The van der Waals surface area contributed by atoms with Gasteiger partial charge in [-0.3, -0.25) is 4.79 Å². The van der Waals surface area contributed by atoms with Crippen LogP contribution in [0.3, 0.4) is 0 Å². The Bertz CT molecular complexity index is 553. The van der Waals surface area contributed by atoms with Crippen molar-refractivity contribution in [3.63, 3.8) is 0 Å². The van der Waals surface area contributed by atoms with E-state index in [1.807, 2.05) is 19.1 Å². The van der Waals surface area contributed by atoms with Gasteiger partial charge in [0.25, 0.3) is 0 Å². The van der Waals surface area contributed by atoms with Crippen molar-refractivity contribution in [2.75, 3.05) is 26.2 Å². The maximum atomic E-state index is 11.8. The molecule has 0 unspecified atom stereocenters. The van der Waals surface area contributed by atoms with Gasteiger partial charge in [0, 0.05) is 29.9 Å². The molecule has 2 aliphatic rings. The van der Waals surface area contributed by atoms with Crippen LogP contribution in [0.15, 0.2) is 24.3 Å². The molecule has 1 aliphatic carbocycles. The summed E-state index contributed by atoms with van der Waals surface area (Å²) in [5.74, 6) is 0.403. The lowest BCUT2D eigenvalue weighted by atomic mass is 9.64. The lowest BCUT2D eigenvalue weighted by molar-refractivity contribution is -0.144. The zero-order valence-corrected chi connectivity index (χ0v) is 15.4. The molecule has 0 N–H and O–H groups in total. The Kier molecular flexibility index (Phi) is 5.83. The molecule has 24 heavy (non-hydrogen) atoms. The highest BCUT2D eigenvalue weighted by Crippen LogP contribution is 2.45. The molecular weight excluding hydrogens is 322 g/mol. The quantitative estimate of drug-likeness (QED) is 0.712. The van der Waals surface area contributed by atoms with E-state index < -0.39 is 0 Å². The monoisotopic (exact) mass is 349 g/mol. The number of piperidine rings is 1. The summed E-state index contributed by atoms with van der Waals surface area (Å²) in [5, 5.41) is 0.806. The van der Waals surface area contributed by atoms with Crippen LogP contribution in [0.25, 0.3) is 0 Å². The second kappa shape index (κ2) is 7.88. The summed E-state index contributed by atoms with van der Waals surface area (Å²) in [7, 11) is 0. The summed E-state index contributed by atoms with van der Waals surface area (Å²) in [6.07, 6.45) is 6.71. The number of halogens is 1. The van der Waals surface area contributed by atoms with Crippen molar-refractivity contribution in [1.29, 1.82) is 0 Å². The second-order valence-electron chi connectivity index (χ2n) is 7.39. The van der Waals surface area contributed by atoms with E-state index in [9.17, 15) is 4.79 Å². The van der Waals surface area contributed by atoms with Crippen molar-refractivity contribution in [3.8, 4) is 0 Å². The molecule has 1 aliphatic heterocycles. The number of hydrogen-bond donors (Lipinski definition) is 0. The van der Waals surface area contributed by atoms with Crippen molar-refractivity contribution < 1.29 is 9.53 Å². The molecule has 132 valence electrons. The minimum Gasteiger partial charge on any atom is -0.466 e. The molecule has 1 heterocycles. The number of esters is 1. The van der Waals surface area contributed by atoms with Gasteiger partial charge in [0.2, 0.25) is 0 Å². The average molecular weight is 350 g/mol. The largest absolute Gasteiger partial charge is 0.466 e. The van der Waals surface area contributed by atoms with Gasteiger partial charge in [-0.05, 0) is 62.8 Å². The minimum absolute atomic E-state index is 0.0413. The van der Waals surface area contributed by atoms with Crippen LogP contribution in [0.5, 0.6) is 0 Å². The number of likely N-dealkylation sites (tertiary alicyclic amines) is 1. The molecule has 1 aromatic rings. The van der Waals surface area contributed by atoms with Crippen molar-refractivity contribution in [3.05, 3.63) is 34.9 Å². The normalized spacial score (nSPS) is 23.5. The predicted molar refractivity (Wildman–Crippen MR) is 97.4 cm³/mol. The fraction of sp³-hybridized carbons (Fsp3) is 0.650. The molecule has 0 amide bonds. The number of nitrogens with zero attached hydrogens (tertiary/aromatic N) is 1. The number of carbonyl (C=O) groups is 1. The third-order valence-electron chi connectivity index (χ3n) is 5.66. The number of ether oxygens (including phenoxy) is 1. The van der Waals surface area contributed by atoms with Crippen LogP contribution in [0.1, 0.15) is 51.0 Å². The van der Waals surface area contributed by atoms with Gasteiger partial charge in [-0.15, -0.1) is 0 Å². The van der Waals surface area contributed by atoms with Crippen LogP contribution in [0.2, 0.25) is 5.02 Å². The van der Waals surface area contributed by atoms with Gasteiger partial charge in [0.15, 0.2) is 0 Å². The second-order valence-corrected chi connectivity index (χ2v) is 7.83. The molecule has 0 bridgehead atoms. The third kappa shape index (κ3) is 4.12. The fourth-order valence-electron chi connectivity index (χ4n) is 4.29. The molecule has 0 aromatic heterocycles. The molecule has 3 nitrogen and oxygen atoms in total. The highest BCUT2D eigenvalue weighted by atomic mass is 35.5. The number of rotatable bonds is 6. The van der Waals surface area contributed by atoms with E-state index in [1.54, 1.807) is 0 Å². The molecule has 1 atom stereocenters. The SMILES string of the molecule is CCOC(=O)C[C@@H]1CCCN(CC2(c3ccc(Cl)cc3)CCC2)C1. The first-order valence-electron chi connectivity index (χ1n) is 9.25. The van der Waals surface area contributed by atoms with E-state index in [0.717, 1.165) is 31.1 Å². The first-order valence-corrected chi connectivity index (χ1v) is 9.63. The first kappa shape index (κ1) is 17.8. The molecule has 2 fully saturated rings. The lowest BCUT2D eigenvalue weighted by Crippen LogP contribution is -2.48. The summed E-state index contributed by atoms with van der Waals surface area (Å²) >= 11 is 6.05. The smallest absolute Gasteiger partial charge is 0.306 e. The van der Waals surface area contributed by atoms with Gasteiger partial charge >= 0.3 is 5.97 Å². The zero-order chi connectivity index (χ0) is 17.0. The Morgan fingerprint density at radius 3 is 2.67 bits per heavy atom. The van der Waals surface area contributed by atoms with E-state index in [-0.39, 0.29) is 11.4 Å². The predicted octanol–water partition coefficient (Wildman–Crippen LogP) is 4.43. The summed E-state index contributed by atoms with van der Waals surface area (Å²) in [5.41, 5.74) is 1.71. The fourth-order valence-corrected chi connectivity index (χ4v) is 4.42. The number of carbonyl (C=O) groups excluding carboxylic acids is 1. The average Bonchev–Trinajstić information content (AvgIpc) is 2.52. The van der Waals surface area contributed by atoms with Gasteiger partial charge in [-0.1, -0.05) is 30.2 Å². The van der Waals surface area contributed by atoms with Gasteiger partial charge < -0.3 is 9.64 Å². The minimum atomic E-state index is -0.0413. The molecule has 1 aromatic carbocycles. The number of benzene rings is 1. The third-order valence-corrected chi connectivity index (χ3v) is 5.91. The highest BCUT2D eigenvalue weighted by Gasteiger charge is 2.40. The molecule has 1 saturated heterocycles. The summed E-state index contributed by atoms with van der Waals surface area (Å²) < 4.78 is 5.12. The van der Waals surface area contributed by atoms with Crippen molar-refractivity contribution in [2.24, 2.45) is 5.92 Å². The van der Waals surface area contributed by atoms with Crippen LogP contribution in [-0.2, 0) is 14.9 Å². The topological polar surface area (TPSA) is 29.5 Å². The van der Waals surface area contributed by atoms with E-state index in [1.165, 1.54) is 31.2 Å². The van der Waals surface area contributed by atoms with Crippen LogP contribution in [0, 0.1) is 5.92 Å². The highest BCUT2D eigenvalue weighted by molar-refractivity contribution is 6.30. The van der Waals surface area contributed by atoms with Crippen molar-refractivity contribution >= 4 is 17.6 Å². The van der Waals surface area contributed by atoms with E-state index >= 15 is 0 Å². The van der Waals surface area contributed by atoms with Crippen LogP contribution < -0.4 is 0 Å². The van der Waals surface area contributed by atoms with Crippen LogP contribution in [0.4, 0.5) is 0 Å². The van der Waals surface area contributed by atoms with Crippen molar-refractivity contribution in [1.82, 2.24) is 4.90 Å². The van der Waals surface area contributed by atoms with E-state index in [4.69, 9.17) is 16.3 Å². The first-order chi connectivity index (χ1) is 11.6. The summed E-state index contributed by atoms with van der Waals surface area (Å²) in [6.45, 7) is 5.63. The van der Waals surface area contributed by atoms with Gasteiger partial charge in [-0.25, -0.2) is 0 Å². The van der Waals surface area contributed by atoms with Crippen molar-refractivity contribution in [2.45, 2.75) is 50.9 Å². The summed E-state index contributed by atoms with van der Waals surface area (Å²) in [4.78, 5) is 14.3. The van der Waals surface area contributed by atoms with Crippen LogP contribution >= 0.6 is 11.6 Å². The van der Waals surface area contributed by atoms with Gasteiger partial charge in [0.05, 0.1) is 6.61 Å². The van der Waals surface area contributed by atoms with Gasteiger partial charge in [-0.2, -0.15) is 0 Å². The Labute approximate surface area is 150 Å². The maximum absolute atomic E-state index is 11.8. The summed E-state index contributed by atoms with van der Waals surface area (Å²) in [6, 6.07) is 8.41. The Morgan fingerprint density at radius 1 is 1.29 bits per heavy atom. The molecule has 0 radical (unpaired) electrons.